The van der Waals surface area contributed by atoms with Gasteiger partial charge >= 0.3 is 18.4 Å². The molecule has 6 aromatic rings. The number of rotatable bonds is 26. The van der Waals surface area contributed by atoms with E-state index in [1.54, 1.807) is 59.1 Å². The van der Waals surface area contributed by atoms with E-state index in [1.165, 1.54) is 10.5 Å². The van der Waals surface area contributed by atoms with Gasteiger partial charge in [-0.05, 0) is 154 Å². The molecule has 6 aromatic carbocycles. The van der Waals surface area contributed by atoms with Gasteiger partial charge in [0.15, 0.2) is 0 Å². The summed E-state index contributed by atoms with van der Waals surface area (Å²) in [6, 6.07) is 38.9. The summed E-state index contributed by atoms with van der Waals surface area (Å²) in [5.74, 6) is -1.21. The summed E-state index contributed by atoms with van der Waals surface area (Å²) in [6.07, 6.45) is -3.94. The molecule has 3 fully saturated rings. The van der Waals surface area contributed by atoms with E-state index in [1.807, 2.05) is 85.9 Å². The predicted molar refractivity (Wildman–Crippen MR) is 392 cm³/mol. The maximum absolute atomic E-state index is 14.0. The Morgan fingerprint density at radius 1 is 0.637 bits per heavy atom. The lowest BCUT2D eigenvalue weighted by molar-refractivity contribution is -0.143. The van der Waals surface area contributed by atoms with Crippen LogP contribution in [0.25, 0.3) is 11.1 Å². The molecule has 27 heteroatoms. The molecule has 1 spiro atoms. The van der Waals surface area contributed by atoms with Gasteiger partial charge in [0.2, 0.25) is 11.8 Å². The number of carbonyl (C=O) groups is 5. The van der Waals surface area contributed by atoms with Gasteiger partial charge in [0.25, 0.3) is 11.8 Å². The highest BCUT2D eigenvalue weighted by molar-refractivity contribution is 6.42. The molecule has 554 valence electrons. The minimum atomic E-state index is -5.14. The predicted octanol–water partition coefficient (Wildman–Crippen LogP) is 15.5. The standard InChI is InChI=1S/C75H86Cl2F6N8O8.3ClH/c1-86(34-14-35-88(3)69(94)53-22-25-59(26-23-53)84-33-13-5-8-21-67(92)87(2)41-42-89-36-28-60(29-37-89)99-71(96)85-65-20-12-10-18-61(65)52-15-6-4-7-16-52)68(93)50-97-66-47-54-17-9-11-19-62(54)72(66)30-38-90(39-31-72)40-32-73(56-24-27-63(76)64(77)49-56)51-91(43-44-98-73)70(95)55-45-57(74(78,79)80)48-58(46-55)75(81,82)83;;;/h4,6-7,9-12,15-20,22-27,45-46,48-49,60,66,84H,5,8,13-14,21,28-44,47,50-51H2,1-3H3,(H,85,96);3*1H/t66-,73-;;;/m0.../s1. The van der Waals surface area contributed by atoms with Crippen LogP contribution >= 0.6 is 60.4 Å². The molecule has 3 saturated heterocycles. The highest BCUT2D eigenvalue weighted by Gasteiger charge is 2.50. The lowest BCUT2D eigenvalue weighted by atomic mass is 9.72. The summed E-state index contributed by atoms with van der Waals surface area (Å²) in [5, 5.41) is 6.81. The summed E-state index contributed by atoms with van der Waals surface area (Å²) in [4.78, 5) is 77.9. The molecule has 2 atom stereocenters. The van der Waals surface area contributed by atoms with Crippen LogP contribution in [0.4, 0.5) is 42.5 Å². The molecule has 0 unspecified atom stereocenters. The molecular formula is C75H89Cl5F6N8O8. The third-order valence-electron chi connectivity index (χ3n) is 19.8. The quantitative estimate of drug-likeness (QED) is 0.0394. The van der Waals surface area contributed by atoms with Crippen molar-refractivity contribution in [3.8, 4) is 11.1 Å². The topological polar surface area (TPSA) is 157 Å². The van der Waals surface area contributed by atoms with Gasteiger partial charge in [-0.25, -0.2) is 4.79 Å². The van der Waals surface area contributed by atoms with Crippen molar-refractivity contribution in [1.82, 2.24) is 29.4 Å². The molecule has 1 aliphatic carbocycles. The fourth-order valence-electron chi connectivity index (χ4n) is 14.0. The Bertz CT molecular complexity index is 3740. The zero-order valence-corrected chi connectivity index (χ0v) is 61.3. The van der Waals surface area contributed by atoms with Gasteiger partial charge in [-0.2, -0.15) is 26.3 Å². The van der Waals surface area contributed by atoms with E-state index < -0.39 is 52.1 Å². The molecule has 2 N–H and O–H groups in total. The van der Waals surface area contributed by atoms with Crippen LogP contribution in [0.1, 0.15) is 113 Å². The molecule has 4 aliphatic rings. The molecule has 0 saturated carbocycles. The number of para-hydroxylation sites is 1. The van der Waals surface area contributed by atoms with Crippen LogP contribution in [-0.2, 0) is 53.6 Å². The van der Waals surface area contributed by atoms with Crippen LogP contribution in [0, 0.1) is 0 Å². The number of hydrogen-bond acceptors (Lipinski definition) is 11. The first kappa shape index (κ1) is 82.4. The van der Waals surface area contributed by atoms with Gasteiger partial charge in [0.1, 0.15) is 18.3 Å². The zero-order valence-electron chi connectivity index (χ0n) is 57.3. The molecule has 3 heterocycles. The van der Waals surface area contributed by atoms with Crippen LogP contribution < -0.4 is 10.6 Å². The van der Waals surface area contributed by atoms with Crippen molar-refractivity contribution in [2.45, 2.75) is 106 Å². The Labute approximate surface area is 621 Å². The van der Waals surface area contributed by atoms with E-state index in [9.17, 15) is 50.3 Å². The summed E-state index contributed by atoms with van der Waals surface area (Å²) >= 11 is 12.8. The van der Waals surface area contributed by atoms with Gasteiger partial charge in [-0.15, -0.1) is 37.2 Å². The second-order valence-corrected chi connectivity index (χ2v) is 27.2. The molecule has 10 rings (SSSR count). The Morgan fingerprint density at radius 2 is 1.27 bits per heavy atom. The average Bonchev–Trinajstić information content (AvgIpc) is 1.53. The fourth-order valence-corrected chi connectivity index (χ4v) is 14.3. The number of unbranched alkanes of at least 4 members (excludes halogenated alkanes) is 2. The van der Waals surface area contributed by atoms with E-state index >= 15 is 0 Å². The number of halogens is 11. The Balaban J connectivity index is 0.00000486. The summed E-state index contributed by atoms with van der Waals surface area (Å²) in [6.45, 7) is 5.68. The Hall–Kier alpha value is -6.86. The normalized spacial score (nSPS) is 17.6. The molecule has 16 nitrogen and oxygen atoms in total. The molecule has 0 aromatic heterocycles. The summed E-state index contributed by atoms with van der Waals surface area (Å²) in [5.41, 5.74) is 1.35. The number of amides is 5. The smallest absolute Gasteiger partial charge is 0.416 e. The minimum Gasteiger partial charge on any atom is -0.446 e. The second-order valence-electron chi connectivity index (χ2n) is 26.4. The first-order chi connectivity index (χ1) is 47.4. The minimum absolute atomic E-state index is 0. The van der Waals surface area contributed by atoms with Crippen LogP contribution in [-0.4, -0.2) is 184 Å². The number of nitrogens with zero attached hydrogens (tertiary/aromatic N) is 6. The van der Waals surface area contributed by atoms with E-state index in [-0.39, 0.29) is 116 Å². The summed E-state index contributed by atoms with van der Waals surface area (Å²) in [7, 11) is 5.32. The summed E-state index contributed by atoms with van der Waals surface area (Å²) < 4.78 is 102. The van der Waals surface area contributed by atoms with E-state index in [2.05, 4.69) is 32.6 Å². The number of piperidine rings is 2. The lowest BCUT2D eigenvalue weighted by Gasteiger charge is -2.46. The highest BCUT2D eigenvalue weighted by atomic mass is 35.5. The number of ether oxygens (including phenoxy) is 3. The molecule has 0 radical (unpaired) electrons. The van der Waals surface area contributed by atoms with E-state index in [4.69, 9.17) is 37.4 Å². The van der Waals surface area contributed by atoms with Gasteiger partial charge in [-0.1, -0.05) is 108 Å². The van der Waals surface area contributed by atoms with Crippen molar-refractivity contribution >= 4 is 102 Å². The van der Waals surface area contributed by atoms with Crippen LogP contribution in [0.5, 0.6) is 0 Å². The average molecular weight is 1520 g/mol. The van der Waals surface area contributed by atoms with E-state index in [0.717, 1.165) is 80.7 Å². The third kappa shape index (κ3) is 21.2. The van der Waals surface area contributed by atoms with E-state index in [0.29, 0.717) is 100 Å². The number of carbonyl (C=O) groups excluding carboxylic acids is 5. The monoisotopic (exact) mass is 1520 g/mol. The number of anilines is 2. The Kier molecular flexibility index (Phi) is 30.1. The molecule has 0 bridgehead atoms. The first-order valence-electron chi connectivity index (χ1n) is 33.9. The van der Waals surface area contributed by atoms with Crippen molar-refractivity contribution < 1.29 is 64.5 Å². The number of fused-ring (bicyclic) bond motifs is 2. The van der Waals surface area contributed by atoms with Gasteiger partial charge in [-0.3, -0.25) is 24.5 Å². The number of morpholine rings is 1. The first-order valence-corrected chi connectivity index (χ1v) is 34.7. The largest absolute Gasteiger partial charge is 0.446 e. The second kappa shape index (κ2) is 37.2. The van der Waals surface area contributed by atoms with Gasteiger partial charge in [0.05, 0.1) is 46.1 Å². The van der Waals surface area contributed by atoms with Gasteiger partial charge < -0.3 is 48.9 Å². The number of alkyl halides is 6. The SMILES string of the molecule is CN(CCN1CCC(OC(=O)Nc2ccccc2-c2ccccc2)CC1)C(=O)CCCCCNc1ccc(C(=O)N(C)CCCN(C)C(=O)CO[C@H]2Cc3ccccc3C23CCN(CC[C@@]2(c4ccc(Cl)c(Cl)c4)CN(C(=O)c4cc(C(F)(F)F)cc(C(F)(F)F)c4)CCO2)CC3)cc1.Cl.Cl.Cl. The Morgan fingerprint density at radius 3 is 1.96 bits per heavy atom. The molecular weight excluding hydrogens is 1430 g/mol. The maximum atomic E-state index is 14.0. The zero-order chi connectivity index (χ0) is 70.5. The molecule has 5 amide bonds. The number of benzene rings is 6. The third-order valence-corrected chi connectivity index (χ3v) is 20.6. The van der Waals surface area contributed by atoms with Crippen molar-refractivity contribution in [2.24, 2.45) is 0 Å². The number of hydrogen-bond donors (Lipinski definition) is 2. The fraction of sp³-hybridized carbons (Fsp3) is 0.453. The van der Waals surface area contributed by atoms with Crippen molar-refractivity contribution in [3.63, 3.8) is 0 Å². The van der Waals surface area contributed by atoms with Crippen molar-refractivity contribution in [2.75, 3.05) is 124 Å². The van der Waals surface area contributed by atoms with Crippen molar-refractivity contribution in [1.29, 1.82) is 0 Å². The van der Waals surface area contributed by atoms with Gasteiger partial charge in [0, 0.05) is 114 Å². The van der Waals surface area contributed by atoms with Crippen molar-refractivity contribution in [3.05, 3.63) is 189 Å². The molecule has 3 aliphatic heterocycles. The van der Waals surface area contributed by atoms with Crippen LogP contribution in [0.2, 0.25) is 10.0 Å². The number of nitrogens with one attached hydrogen (secondary N) is 2. The number of likely N-dealkylation sites (N-methyl/N-ethyl adjacent to an activating group) is 2. The highest BCUT2D eigenvalue weighted by Crippen LogP contribution is 2.49. The maximum Gasteiger partial charge on any atom is 0.416 e. The number of likely N-dealkylation sites (tertiary alicyclic amines) is 2. The van der Waals surface area contributed by atoms with Crippen LogP contribution in [0.15, 0.2) is 140 Å². The molecule has 102 heavy (non-hydrogen) atoms. The lowest BCUT2D eigenvalue weighted by Crippen LogP contribution is -2.54. The van der Waals surface area contributed by atoms with Crippen LogP contribution in [0.3, 0.4) is 0 Å².